The van der Waals surface area contributed by atoms with Crippen molar-refractivity contribution >= 4 is 17.5 Å². The molecule has 0 aliphatic carbocycles. The van der Waals surface area contributed by atoms with E-state index >= 15 is 0 Å². The smallest absolute Gasteiger partial charge is 0.355 e. The molecule has 0 saturated carbocycles. The van der Waals surface area contributed by atoms with Crippen molar-refractivity contribution < 1.29 is 18.0 Å². The van der Waals surface area contributed by atoms with Gasteiger partial charge in [0.25, 0.3) is 5.91 Å². The maximum atomic E-state index is 12.3. The van der Waals surface area contributed by atoms with Gasteiger partial charge in [0.1, 0.15) is 0 Å². The summed E-state index contributed by atoms with van der Waals surface area (Å²) in [4.78, 5) is 11.1. The predicted molar refractivity (Wildman–Crippen MR) is 49.8 cm³/mol. The molecule has 2 nitrogen and oxygen atoms in total. The first-order valence-corrected chi connectivity index (χ1v) is 4.33. The molecule has 0 aliphatic rings. The minimum absolute atomic E-state index is 0.0931. The third-order valence-electron chi connectivity index (χ3n) is 1.76. The highest BCUT2D eigenvalue weighted by Gasteiger charge is 2.33. The summed E-state index contributed by atoms with van der Waals surface area (Å²) < 4.78 is 36.8. The summed E-state index contributed by atoms with van der Waals surface area (Å²) in [6.45, 7) is 0. The first-order chi connectivity index (χ1) is 6.86. The Balaban J connectivity index is 3.15. The van der Waals surface area contributed by atoms with E-state index in [0.29, 0.717) is 0 Å². The largest absolute Gasteiger partial charge is 0.417 e. The predicted octanol–water partition coefficient (Wildman–Crippen LogP) is 2.72. The molecule has 1 aromatic rings. The van der Waals surface area contributed by atoms with E-state index in [1.165, 1.54) is 7.05 Å². The van der Waals surface area contributed by atoms with E-state index in [4.69, 9.17) is 11.6 Å². The van der Waals surface area contributed by atoms with Gasteiger partial charge in [-0.1, -0.05) is 11.6 Å². The number of hydrogen-bond donors (Lipinski definition) is 1. The lowest BCUT2D eigenvalue weighted by Gasteiger charge is -2.09. The summed E-state index contributed by atoms with van der Waals surface area (Å²) in [6.07, 6.45) is -4.50. The van der Waals surface area contributed by atoms with Crippen LogP contribution in [-0.4, -0.2) is 13.0 Å². The number of hydrogen-bond acceptors (Lipinski definition) is 1. The Morgan fingerprint density at radius 2 is 2.00 bits per heavy atom. The van der Waals surface area contributed by atoms with Crippen molar-refractivity contribution in [1.29, 1.82) is 0 Å². The fraction of sp³-hybridized carbons (Fsp3) is 0.222. The molecule has 0 saturated heterocycles. The molecular weight excluding hydrogens is 231 g/mol. The number of carbonyl (C=O) groups is 1. The van der Waals surface area contributed by atoms with Gasteiger partial charge in [-0.25, -0.2) is 0 Å². The normalized spacial score (nSPS) is 11.3. The fourth-order valence-corrected chi connectivity index (χ4v) is 1.32. The van der Waals surface area contributed by atoms with Crippen LogP contribution < -0.4 is 5.32 Å². The molecule has 0 atom stereocenters. The molecule has 0 aromatic heterocycles. The van der Waals surface area contributed by atoms with E-state index in [2.05, 4.69) is 5.32 Å². The van der Waals surface area contributed by atoms with Crippen molar-refractivity contribution in [3.63, 3.8) is 0 Å². The monoisotopic (exact) mass is 237 g/mol. The summed E-state index contributed by atoms with van der Waals surface area (Å²) in [5, 5.41) is 1.81. The van der Waals surface area contributed by atoms with Gasteiger partial charge >= 0.3 is 6.18 Å². The number of halogens is 4. The lowest BCUT2D eigenvalue weighted by Crippen LogP contribution is -2.18. The van der Waals surface area contributed by atoms with Crippen LogP contribution in [0.1, 0.15) is 15.9 Å². The van der Waals surface area contributed by atoms with Gasteiger partial charge in [-0.05, 0) is 18.2 Å². The standard InChI is InChI=1S/C9H7ClF3NO/c1-14-8(15)5-2-3-6(7(10)4-5)9(11,12)13/h2-4H,1H3,(H,14,15). The van der Waals surface area contributed by atoms with Gasteiger partial charge in [0, 0.05) is 12.6 Å². The van der Waals surface area contributed by atoms with Crippen LogP contribution in [-0.2, 0) is 6.18 Å². The van der Waals surface area contributed by atoms with Gasteiger partial charge in [0.15, 0.2) is 0 Å². The summed E-state index contributed by atoms with van der Waals surface area (Å²) in [7, 11) is 1.38. The average molecular weight is 238 g/mol. The van der Waals surface area contributed by atoms with Crippen LogP contribution in [0.5, 0.6) is 0 Å². The van der Waals surface area contributed by atoms with Crippen LogP contribution >= 0.6 is 11.6 Å². The van der Waals surface area contributed by atoms with Gasteiger partial charge in [-0.15, -0.1) is 0 Å². The second kappa shape index (κ2) is 4.10. The number of amides is 1. The van der Waals surface area contributed by atoms with E-state index < -0.39 is 22.7 Å². The Labute approximate surface area is 89.0 Å². The molecule has 1 amide bonds. The summed E-state index contributed by atoms with van der Waals surface area (Å²) in [6, 6.07) is 2.85. The van der Waals surface area contributed by atoms with E-state index in [9.17, 15) is 18.0 Å². The Kier molecular flexibility index (Phi) is 3.24. The van der Waals surface area contributed by atoms with Crippen molar-refractivity contribution in [1.82, 2.24) is 5.32 Å². The van der Waals surface area contributed by atoms with E-state index in [-0.39, 0.29) is 5.56 Å². The first-order valence-electron chi connectivity index (χ1n) is 3.95. The number of alkyl halides is 3. The Morgan fingerprint density at radius 3 is 2.40 bits per heavy atom. The molecule has 1 N–H and O–H groups in total. The molecule has 0 heterocycles. The van der Waals surface area contributed by atoms with Crippen molar-refractivity contribution in [2.45, 2.75) is 6.18 Å². The number of carbonyl (C=O) groups excluding carboxylic acids is 1. The van der Waals surface area contributed by atoms with Crippen LogP contribution in [0.25, 0.3) is 0 Å². The maximum Gasteiger partial charge on any atom is 0.417 e. The zero-order chi connectivity index (χ0) is 11.6. The second-order valence-corrected chi connectivity index (χ2v) is 3.18. The lowest BCUT2D eigenvalue weighted by atomic mass is 10.1. The van der Waals surface area contributed by atoms with Gasteiger partial charge in [0.2, 0.25) is 0 Å². The molecular formula is C9H7ClF3NO. The van der Waals surface area contributed by atoms with Crippen LogP contribution in [0.4, 0.5) is 13.2 Å². The van der Waals surface area contributed by atoms with E-state index in [0.717, 1.165) is 18.2 Å². The van der Waals surface area contributed by atoms with Gasteiger partial charge in [-0.3, -0.25) is 4.79 Å². The summed E-state index contributed by atoms with van der Waals surface area (Å²) in [5.74, 6) is -0.481. The van der Waals surface area contributed by atoms with Crippen LogP contribution in [0.2, 0.25) is 5.02 Å². The van der Waals surface area contributed by atoms with Gasteiger partial charge < -0.3 is 5.32 Å². The molecule has 0 fully saturated rings. The van der Waals surface area contributed by atoms with Crippen LogP contribution in [0.3, 0.4) is 0 Å². The van der Waals surface area contributed by atoms with Crippen molar-refractivity contribution in [3.05, 3.63) is 34.3 Å². The Morgan fingerprint density at radius 1 is 1.40 bits per heavy atom. The zero-order valence-electron chi connectivity index (χ0n) is 7.65. The maximum absolute atomic E-state index is 12.3. The number of rotatable bonds is 1. The molecule has 0 aliphatic heterocycles. The van der Waals surface area contributed by atoms with Crippen LogP contribution in [0, 0.1) is 0 Å². The van der Waals surface area contributed by atoms with Crippen molar-refractivity contribution in [2.24, 2.45) is 0 Å². The average Bonchev–Trinajstić information content (AvgIpc) is 2.14. The molecule has 6 heteroatoms. The van der Waals surface area contributed by atoms with Gasteiger partial charge in [0.05, 0.1) is 10.6 Å². The van der Waals surface area contributed by atoms with E-state index in [1.54, 1.807) is 0 Å². The molecule has 15 heavy (non-hydrogen) atoms. The zero-order valence-corrected chi connectivity index (χ0v) is 8.41. The Hall–Kier alpha value is -1.23. The summed E-state index contributed by atoms with van der Waals surface area (Å²) in [5.41, 5.74) is -0.854. The molecule has 0 spiro atoms. The fourth-order valence-electron chi connectivity index (χ4n) is 1.03. The quantitative estimate of drug-likeness (QED) is 0.800. The molecule has 0 unspecified atom stereocenters. The molecule has 1 rings (SSSR count). The molecule has 0 bridgehead atoms. The number of benzene rings is 1. The van der Waals surface area contributed by atoms with Gasteiger partial charge in [-0.2, -0.15) is 13.2 Å². The highest BCUT2D eigenvalue weighted by Crippen LogP contribution is 2.34. The van der Waals surface area contributed by atoms with Crippen molar-refractivity contribution in [2.75, 3.05) is 7.05 Å². The third-order valence-corrected chi connectivity index (χ3v) is 2.08. The topological polar surface area (TPSA) is 29.1 Å². The van der Waals surface area contributed by atoms with Crippen molar-refractivity contribution in [3.8, 4) is 0 Å². The first kappa shape index (κ1) is 11.8. The minimum Gasteiger partial charge on any atom is -0.355 e. The highest BCUT2D eigenvalue weighted by molar-refractivity contribution is 6.31. The van der Waals surface area contributed by atoms with E-state index in [1.807, 2.05) is 0 Å². The number of nitrogens with one attached hydrogen (secondary N) is 1. The second-order valence-electron chi connectivity index (χ2n) is 2.77. The Bertz CT molecular complexity index is 389. The lowest BCUT2D eigenvalue weighted by molar-refractivity contribution is -0.137. The summed E-state index contributed by atoms with van der Waals surface area (Å²) >= 11 is 5.42. The highest BCUT2D eigenvalue weighted by atomic mass is 35.5. The minimum atomic E-state index is -4.50. The molecule has 0 radical (unpaired) electrons. The third kappa shape index (κ3) is 2.62. The van der Waals surface area contributed by atoms with Crippen LogP contribution in [0.15, 0.2) is 18.2 Å². The molecule has 1 aromatic carbocycles. The molecule has 82 valence electrons. The SMILES string of the molecule is CNC(=O)c1ccc(C(F)(F)F)c(Cl)c1.